The highest BCUT2D eigenvalue weighted by atomic mass is 79.9. The standard InChI is InChI=1S/C14H15BrO3/c15-11-5-9-3-4-18-14(9)10(6-11)7-12(16)13(17)8-1-2-8/h5-6,8,13,17H,1-4,7H2. The van der Waals surface area contributed by atoms with E-state index in [1.165, 1.54) is 0 Å². The molecule has 3 rings (SSSR count). The number of fused-ring (bicyclic) bond motifs is 1. The molecule has 0 bridgehead atoms. The van der Waals surface area contributed by atoms with Gasteiger partial charge in [0, 0.05) is 22.9 Å². The molecular weight excluding hydrogens is 296 g/mol. The van der Waals surface area contributed by atoms with Gasteiger partial charge in [-0.15, -0.1) is 0 Å². The van der Waals surface area contributed by atoms with Gasteiger partial charge in [0.1, 0.15) is 11.9 Å². The van der Waals surface area contributed by atoms with Gasteiger partial charge in [-0.25, -0.2) is 0 Å². The molecule has 0 saturated heterocycles. The van der Waals surface area contributed by atoms with Gasteiger partial charge in [-0.3, -0.25) is 4.79 Å². The number of halogens is 1. The number of aliphatic hydroxyl groups is 1. The third kappa shape index (κ3) is 2.31. The second kappa shape index (κ2) is 4.67. The van der Waals surface area contributed by atoms with E-state index >= 15 is 0 Å². The van der Waals surface area contributed by atoms with Crippen molar-refractivity contribution >= 4 is 21.7 Å². The van der Waals surface area contributed by atoms with Crippen LogP contribution in [0.15, 0.2) is 16.6 Å². The molecule has 4 heteroatoms. The maximum Gasteiger partial charge on any atom is 0.166 e. The van der Waals surface area contributed by atoms with Crippen molar-refractivity contribution in [3.63, 3.8) is 0 Å². The number of Topliss-reactive ketones (excluding diaryl/α,β-unsaturated/α-hetero) is 1. The molecule has 3 nitrogen and oxygen atoms in total. The maximum absolute atomic E-state index is 12.0. The lowest BCUT2D eigenvalue weighted by Crippen LogP contribution is -2.24. The molecule has 1 fully saturated rings. The number of carbonyl (C=O) groups excluding carboxylic acids is 1. The Balaban J connectivity index is 1.81. The molecular formula is C14H15BrO3. The fourth-order valence-electron chi connectivity index (χ4n) is 2.44. The Morgan fingerprint density at radius 2 is 2.28 bits per heavy atom. The first-order valence-electron chi connectivity index (χ1n) is 6.30. The molecule has 0 aromatic heterocycles. The van der Waals surface area contributed by atoms with Gasteiger partial charge in [0.15, 0.2) is 5.78 Å². The zero-order valence-electron chi connectivity index (χ0n) is 9.99. The first-order chi connectivity index (χ1) is 8.65. The van der Waals surface area contributed by atoms with Gasteiger partial charge in [0.2, 0.25) is 0 Å². The molecule has 0 amide bonds. The zero-order chi connectivity index (χ0) is 12.7. The summed E-state index contributed by atoms with van der Waals surface area (Å²) in [6.45, 7) is 0.679. The fourth-order valence-corrected chi connectivity index (χ4v) is 3.00. The third-order valence-electron chi connectivity index (χ3n) is 3.59. The van der Waals surface area contributed by atoms with Crippen LogP contribution in [0.4, 0.5) is 0 Å². The summed E-state index contributed by atoms with van der Waals surface area (Å²) in [5, 5.41) is 9.83. The van der Waals surface area contributed by atoms with Crippen LogP contribution in [0.2, 0.25) is 0 Å². The van der Waals surface area contributed by atoms with E-state index < -0.39 is 6.10 Å². The van der Waals surface area contributed by atoms with Gasteiger partial charge < -0.3 is 9.84 Å². The van der Waals surface area contributed by atoms with Crippen LogP contribution >= 0.6 is 15.9 Å². The minimum atomic E-state index is -0.791. The normalized spacial score (nSPS) is 19.2. The second-order valence-corrected chi connectivity index (χ2v) is 5.99. The Bertz CT molecular complexity index is 494. The molecule has 1 aliphatic heterocycles. The number of carbonyl (C=O) groups is 1. The van der Waals surface area contributed by atoms with E-state index in [1.54, 1.807) is 0 Å². The first kappa shape index (κ1) is 12.2. The molecule has 1 aromatic rings. The number of aliphatic hydroxyl groups excluding tert-OH is 1. The second-order valence-electron chi connectivity index (χ2n) is 5.08. The number of rotatable bonds is 4. The molecule has 1 atom stereocenters. The summed E-state index contributed by atoms with van der Waals surface area (Å²) < 4.78 is 6.55. The highest BCUT2D eigenvalue weighted by molar-refractivity contribution is 9.10. The smallest absolute Gasteiger partial charge is 0.166 e. The Morgan fingerprint density at radius 1 is 1.50 bits per heavy atom. The van der Waals surface area contributed by atoms with Gasteiger partial charge in [0.25, 0.3) is 0 Å². The van der Waals surface area contributed by atoms with Crippen LogP contribution in [0.5, 0.6) is 5.75 Å². The third-order valence-corrected chi connectivity index (χ3v) is 4.05. The van der Waals surface area contributed by atoms with Crippen molar-refractivity contribution in [3.05, 3.63) is 27.7 Å². The van der Waals surface area contributed by atoms with E-state index in [2.05, 4.69) is 15.9 Å². The molecule has 1 aromatic carbocycles. The molecule has 0 radical (unpaired) electrons. The molecule has 1 aliphatic carbocycles. The summed E-state index contributed by atoms with van der Waals surface area (Å²) in [5.74, 6) is 0.946. The van der Waals surface area contributed by atoms with Crippen molar-refractivity contribution in [3.8, 4) is 5.75 Å². The first-order valence-corrected chi connectivity index (χ1v) is 7.09. The largest absolute Gasteiger partial charge is 0.493 e. The highest BCUT2D eigenvalue weighted by Gasteiger charge is 2.34. The van der Waals surface area contributed by atoms with E-state index in [4.69, 9.17) is 4.74 Å². The predicted octanol–water partition coefficient (Wildman–Crippen LogP) is 2.27. The molecule has 18 heavy (non-hydrogen) atoms. The number of benzene rings is 1. The summed E-state index contributed by atoms with van der Waals surface area (Å²) in [5.41, 5.74) is 2.04. The van der Waals surface area contributed by atoms with Gasteiger partial charge in [0.05, 0.1) is 6.61 Å². The number of ketones is 1. The van der Waals surface area contributed by atoms with Gasteiger partial charge >= 0.3 is 0 Å². The monoisotopic (exact) mass is 310 g/mol. The Hall–Kier alpha value is -0.870. The summed E-state index contributed by atoms with van der Waals surface area (Å²) in [6, 6.07) is 3.95. The minimum absolute atomic E-state index is 0.0895. The van der Waals surface area contributed by atoms with E-state index in [9.17, 15) is 9.90 Å². The Labute approximate surface area is 114 Å². The molecule has 2 aliphatic rings. The average Bonchev–Trinajstić information content (AvgIpc) is 3.07. The molecule has 1 heterocycles. The highest BCUT2D eigenvalue weighted by Crippen LogP contribution is 2.36. The quantitative estimate of drug-likeness (QED) is 0.928. The van der Waals surface area contributed by atoms with Crippen LogP contribution in [0.1, 0.15) is 24.0 Å². The van der Waals surface area contributed by atoms with Crippen LogP contribution in [-0.2, 0) is 17.6 Å². The number of hydrogen-bond donors (Lipinski definition) is 1. The average molecular weight is 311 g/mol. The summed E-state index contributed by atoms with van der Waals surface area (Å²) in [7, 11) is 0. The van der Waals surface area contributed by atoms with E-state index in [-0.39, 0.29) is 18.1 Å². The predicted molar refractivity (Wildman–Crippen MR) is 70.8 cm³/mol. The number of hydrogen-bond acceptors (Lipinski definition) is 3. The van der Waals surface area contributed by atoms with Crippen LogP contribution < -0.4 is 4.74 Å². The molecule has 1 N–H and O–H groups in total. The van der Waals surface area contributed by atoms with Crippen molar-refractivity contribution in [1.82, 2.24) is 0 Å². The topological polar surface area (TPSA) is 46.5 Å². The molecule has 0 spiro atoms. The lowest BCUT2D eigenvalue weighted by Gasteiger charge is -2.11. The van der Waals surface area contributed by atoms with Crippen LogP contribution in [0.25, 0.3) is 0 Å². The maximum atomic E-state index is 12.0. The van der Waals surface area contributed by atoms with Crippen molar-refractivity contribution in [2.75, 3.05) is 6.61 Å². The minimum Gasteiger partial charge on any atom is -0.493 e. The van der Waals surface area contributed by atoms with Crippen molar-refractivity contribution in [2.24, 2.45) is 5.92 Å². The molecule has 96 valence electrons. The molecule has 1 saturated carbocycles. The van der Waals surface area contributed by atoms with Gasteiger partial charge in [-0.05, 0) is 36.5 Å². The van der Waals surface area contributed by atoms with Crippen LogP contribution in [0, 0.1) is 5.92 Å². The van der Waals surface area contributed by atoms with Crippen molar-refractivity contribution in [1.29, 1.82) is 0 Å². The lowest BCUT2D eigenvalue weighted by atomic mass is 10.00. The van der Waals surface area contributed by atoms with Crippen molar-refractivity contribution in [2.45, 2.75) is 31.8 Å². The fraction of sp³-hybridized carbons (Fsp3) is 0.500. The Kier molecular flexibility index (Phi) is 3.16. The van der Waals surface area contributed by atoms with Crippen molar-refractivity contribution < 1.29 is 14.6 Å². The Morgan fingerprint density at radius 3 is 3.00 bits per heavy atom. The van der Waals surface area contributed by atoms with Crippen LogP contribution in [0.3, 0.4) is 0 Å². The molecule has 1 unspecified atom stereocenters. The lowest BCUT2D eigenvalue weighted by molar-refractivity contribution is -0.127. The summed E-state index contributed by atoms with van der Waals surface area (Å²) in [6.07, 6.45) is 2.31. The number of ether oxygens (including phenoxy) is 1. The van der Waals surface area contributed by atoms with Crippen LogP contribution in [-0.4, -0.2) is 23.6 Å². The van der Waals surface area contributed by atoms with E-state index in [0.717, 1.165) is 40.6 Å². The summed E-state index contributed by atoms with van der Waals surface area (Å²) in [4.78, 5) is 12.0. The van der Waals surface area contributed by atoms with E-state index in [1.807, 2.05) is 12.1 Å². The van der Waals surface area contributed by atoms with Gasteiger partial charge in [-0.2, -0.15) is 0 Å². The SMILES string of the molecule is O=C(Cc1cc(Br)cc2c1OCC2)C(O)C1CC1. The van der Waals surface area contributed by atoms with Gasteiger partial charge in [-0.1, -0.05) is 15.9 Å². The zero-order valence-corrected chi connectivity index (χ0v) is 11.6. The summed E-state index contributed by atoms with van der Waals surface area (Å²) >= 11 is 3.45. The van der Waals surface area contributed by atoms with E-state index in [0.29, 0.717) is 6.61 Å².